The van der Waals surface area contributed by atoms with Crippen molar-refractivity contribution in [3.8, 4) is 0 Å². The molecular formula is C27H24N2. The molecule has 0 amide bonds. The summed E-state index contributed by atoms with van der Waals surface area (Å²) in [6.07, 6.45) is 4.44. The Hall–Kier alpha value is -3.26. The van der Waals surface area contributed by atoms with E-state index in [2.05, 4.69) is 97.0 Å². The highest BCUT2D eigenvalue weighted by atomic mass is 14.9. The van der Waals surface area contributed by atoms with Crippen LogP contribution in [0.15, 0.2) is 66.9 Å². The molecular weight excluding hydrogens is 352 g/mol. The van der Waals surface area contributed by atoms with Crippen molar-refractivity contribution in [1.29, 1.82) is 0 Å². The van der Waals surface area contributed by atoms with Crippen molar-refractivity contribution in [2.75, 3.05) is 0 Å². The molecule has 0 aliphatic carbocycles. The summed E-state index contributed by atoms with van der Waals surface area (Å²) in [4.78, 5) is 0. The third-order valence-corrected chi connectivity index (χ3v) is 6.63. The van der Waals surface area contributed by atoms with Crippen molar-refractivity contribution in [2.24, 2.45) is 14.1 Å². The molecule has 0 spiro atoms. The lowest BCUT2D eigenvalue weighted by molar-refractivity contribution is 0.806. The second-order valence-corrected chi connectivity index (χ2v) is 8.29. The lowest BCUT2D eigenvalue weighted by atomic mass is 9.95. The van der Waals surface area contributed by atoms with Crippen LogP contribution in [0.5, 0.6) is 0 Å². The van der Waals surface area contributed by atoms with Gasteiger partial charge in [0.05, 0.1) is 11.0 Å². The van der Waals surface area contributed by atoms with Gasteiger partial charge in [-0.3, -0.25) is 0 Å². The molecule has 2 heteroatoms. The number of rotatable bonds is 2. The number of nitrogens with zero attached hydrogens (tertiary/aromatic N) is 2. The first-order valence-corrected chi connectivity index (χ1v) is 10.5. The molecule has 2 aromatic heterocycles. The summed E-state index contributed by atoms with van der Waals surface area (Å²) in [5.74, 6) is 0. The van der Waals surface area contributed by atoms with Gasteiger partial charge >= 0.3 is 0 Å². The van der Waals surface area contributed by atoms with Crippen LogP contribution in [-0.4, -0.2) is 9.13 Å². The summed E-state index contributed by atoms with van der Waals surface area (Å²) in [5, 5.41) is 10.7. The number of hydrogen-bond donors (Lipinski definition) is 0. The fraction of sp³-hybridized carbons (Fsp3) is 0.185. The Morgan fingerprint density at radius 3 is 1.86 bits per heavy atom. The standard InChI is InChI=1S/C27H24N2/c1-4-5-19-16-18-7-9-23-21-10-12-24-22(8-6-17-14-15-28(2)26(17)24)20(21)11-13-25(23)27(18)29(19)3/h6-16H,4-5H2,1-3H3. The van der Waals surface area contributed by atoms with Gasteiger partial charge in [0.15, 0.2) is 0 Å². The van der Waals surface area contributed by atoms with Gasteiger partial charge in [-0.1, -0.05) is 61.9 Å². The van der Waals surface area contributed by atoms with Gasteiger partial charge in [-0.15, -0.1) is 0 Å². The predicted octanol–water partition coefficient (Wildman–Crippen LogP) is 7.08. The molecule has 0 radical (unpaired) electrons. The molecule has 0 aliphatic rings. The third-order valence-electron chi connectivity index (χ3n) is 6.63. The molecule has 0 saturated heterocycles. The summed E-state index contributed by atoms with van der Waals surface area (Å²) in [7, 11) is 4.34. The zero-order chi connectivity index (χ0) is 19.7. The lowest BCUT2D eigenvalue weighted by Crippen LogP contribution is -1.95. The Labute approximate surface area is 170 Å². The fourth-order valence-electron chi connectivity index (χ4n) is 5.24. The summed E-state index contributed by atoms with van der Waals surface area (Å²) in [6, 6.07) is 22.9. The van der Waals surface area contributed by atoms with E-state index in [9.17, 15) is 0 Å². The van der Waals surface area contributed by atoms with Crippen LogP contribution in [-0.2, 0) is 20.5 Å². The van der Waals surface area contributed by atoms with E-state index in [1.807, 2.05) is 0 Å². The summed E-state index contributed by atoms with van der Waals surface area (Å²) in [5.41, 5.74) is 4.08. The van der Waals surface area contributed by atoms with Gasteiger partial charge in [0.2, 0.25) is 0 Å². The zero-order valence-electron chi connectivity index (χ0n) is 17.2. The van der Waals surface area contributed by atoms with Crippen LogP contribution in [0, 0.1) is 0 Å². The highest BCUT2D eigenvalue weighted by Crippen LogP contribution is 2.37. The van der Waals surface area contributed by atoms with Crippen LogP contribution in [0.2, 0.25) is 0 Å². The predicted molar refractivity (Wildman–Crippen MR) is 126 cm³/mol. The van der Waals surface area contributed by atoms with Gasteiger partial charge in [-0.25, -0.2) is 0 Å². The molecule has 0 saturated carbocycles. The lowest BCUT2D eigenvalue weighted by Gasteiger charge is -2.11. The molecule has 0 N–H and O–H groups in total. The van der Waals surface area contributed by atoms with Crippen molar-refractivity contribution >= 4 is 54.1 Å². The zero-order valence-corrected chi connectivity index (χ0v) is 17.2. The van der Waals surface area contributed by atoms with Gasteiger partial charge < -0.3 is 9.13 Å². The maximum atomic E-state index is 2.39. The first-order valence-electron chi connectivity index (χ1n) is 10.5. The Bertz CT molecular complexity index is 1580. The average Bonchev–Trinajstić information content (AvgIpc) is 3.28. The van der Waals surface area contributed by atoms with E-state index < -0.39 is 0 Å². The minimum atomic E-state index is 1.12. The molecule has 0 atom stereocenters. The molecule has 2 nitrogen and oxygen atoms in total. The van der Waals surface area contributed by atoms with Crippen LogP contribution in [0.3, 0.4) is 0 Å². The molecule has 4 aromatic carbocycles. The fourth-order valence-corrected chi connectivity index (χ4v) is 5.24. The summed E-state index contributed by atoms with van der Waals surface area (Å²) in [6.45, 7) is 2.25. The Morgan fingerprint density at radius 1 is 0.621 bits per heavy atom. The first kappa shape index (κ1) is 16.7. The minimum Gasteiger partial charge on any atom is -0.350 e. The van der Waals surface area contributed by atoms with Crippen LogP contribution in [0.1, 0.15) is 19.0 Å². The van der Waals surface area contributed by atoms with E-state index >= 15 is 0 Å². The second-order valence-electron chi connectivity index (χ2n) is 8.29. The molecule has 6 rings (SSSR count). The van der Waals surface area contributed by atoms with E-state index in [4.69, 9.17) is 0 Å². The number of fused-ring (bicyclic) bond motifs is 9. The van der Waals surface area contributed by atoms with Crippen molar-refractivity contribution in [1.82, 2.24) is 9.13 Å². The Kier molecular flexibility index (Phi) is 3.37. The molecule has 29 heavy (non-hydrogen) atoms. The first-order chi connectivity index (χ1) is 14.2. The molecule has 142 valence electrons. The smallest absolute Gasteiger partial charge is 0.0559 e. The third kappa shape index (κ3) is 2.17. The number of hydrogen-bond acceptors (Lipinski definition) is 0. The van der Waals surface area contributed by atoms with Crippen molar-refractivity contribution < 1.29 is 0 Å². The van der Waals surface area contributed by atoms with Crippen molar-refractivity contribution in [3.63, 3.8) is 0 Å². The van der Waals surface area contributed by atoms with E-state index in [-0.39, 0.29) is 0 Å². The van der Waals surface area contributed by atoms with Crippen molar-refractivity contribution in [2.45, 2.75) is 19.8 Å². The highest BCUT2D eigenvalue weighted by molar-refractivity contribution is 6.24. The van der Waals surface area contributed by atoms with Gasteiger partial charge in [0.1, 0.15) is 0 Å². The van der Waals surface area contributed by atoms with E-state index in [1.54, 1.807) is 0 Å². The quantitative estimate of drug-likeness (QED) is 0.286. The Balaban J connectivity index is 1.74. The van der Waals surface area contributed by atoms with Crippen LogP contribution in [0.4, 0.5) is 0 Å². The number of aromatic nitrogens is 2. The molecule has 2 heterocycles. The molecule has 0 bridgehead atoms. The van der Waals surface area contributed by atoms with E-state index in [0.29, 0.717) is 0 Å². The number of aryl methyl sites for hydroxylation is 3. The second kappa shape index (κ2) is 5.87. The molecule has 0 unspecified atom stereocenters. The average molecular weight is 377 g/mol. The van der Waals surface area contributed by atoms with Gasteiger partial charge in [0, 0.05) is 47.5 Å². The molecule has 6 aromatic rings. The van der Waals surface area contributed by atoms with Crippen molar-refractivity contribution in [3.05, 3.63) is 72.6 Å². The summed E-state index contributed by atoms with van der Waals surface area (Å²) >= 11 is 0. The monoisotopic (exact) mass is 376 g/mol. The summed E-state index contributed by atoms with van der Waals surface area (Å²) < 4.78 is 4.62. The van der Waals surface area contributed by atoms with Gasteiger partial charge in [-0.05, 0) is 40.1 Å². The molecule has 0 fully saturated rings. The van der Waals surface area contributed by atoms with Gasteiger partial charge in [-0.2, -0.15) is 0 Å². The van der Waals surface area contributed by atoms with E-state index in [0.717, 1.165) is 6.42 Å². The minimum absolute atomic E-state index is 1.12. The van der Waals surface area contributed by atoms with Crippen LogP contribution in [0.25, 0.3) is 54.1 Å². The van der Waals surface area contributed by atoms with Crippen LogP contribution >= 0.6 is 0 Å². The molecule has 0 aliphatic heterocycles. The highest BCUT2D eigenvalue weighted by Gasteiger charge is 2.13. The number of benzene rings is 4. The maximum absolute atomic E-state index is 2.39. The van der Waals surface area contributed by atoms with Crippen LogP contribution < -0.4 is 0 Å². The Morgan fingerprint density at radius 2 is 1.17 bits per heavy atom. The maximum Gasteiger partial charge on any atom is 0.0559 e. The normalized spacial score (nSPS) is 12.2. The largest absolute Gasteiger partial charge is 0.350 e. The van der Waals surface area contributed by atoms with E-state index in [1.165, 1.54) is 66.2 Å². The topological polar surface area (TPSA) is 9.86 Å². The van der Waals surface area contributed by atoms with Gasteiger partial charge in [0.25, 0.3) is 0 Å². The SMILES string of the molecule is CCCc1cc2ccc3c4ccc5c(ccc6ccn(C)c65)c4ccc3c2n1C.